The number of ether oxygens (including phenoxy) is 1. The van der Waals surface area contributed by atoms with Crippen molar-refractivity contribution in [2.45, 2.75) is 38.3 Å². The molecule has 1 fully saturated rings. The minimum atomic E-state index is -0.272. The molecule has 0 aliphatic heterocycles. The molecule has 156 valence electrons. The number of hydrogen-bond acceptors (Lipinski definition) is 6. The fourth-order valence-electron chi connectivity index (χ4n) is 3.92. The van der Waals surface area contributed by atoms with Crippen LogP contribution in [0.15, 0.2) is 29.2 Å². The summed E-state index contributed by atoms with van der Waals surface area (Å²) in [7, 11) is 1.58. The van der Waals surface area contributed by atoms with E-state index in [9.17, 15) is 9.90 Å². The largest absolute Gasteiger partial charge is 0.496 e. The molecule has 2 heterocycles. The minimum Gasteiger partial charge on any atom is -0.496 e. The molecule has 2 aromatic heterocycles. The molecule has 8 heteroatoms. The highest BCUT2D eigenvalue weighted by atomic mass is 16.5. The predicted octanol–water partition coefficient (Wildman–Crippen LogP) is 2.12. The summed E-state index contributed by atoms with van der Waals surface area (Å²) < 4.78 is 6.98. The first-order valence-electron chi connectivity index (χ1n) is 10.1. The number of fused-ring (bicyclic) bond motifs is 1. The van der Waals surface area contributed by atoms with Gasteiger partial charge in [-0.2, -0.15) is 4.98 Å². The van der Waals surface area contributed by atoms with Crippen molar-refractivity contribution in [3.8, 4) is 18.1 Å². The second-order valence-electron chi connectivity index (χ2n) is 7.67. The molecular weight excluding hydrogens is 382 g/mol. The summed E-state index contributed by atoms with van der Waals surface area (Å²) in [5, 5.41) is 12.9. The van der Waals surface area contributed by atoms with Crippen LogP contribution >= 0.6 is 0 Å². The topological polar surface area (TPSA) is 105 Å². The molecule has 0 unspecified atom stereocenters. The van der Waals surface area contributed by atoms with Crippen molar-refractivity contribution in [1.82, 2.24) is 19.5 Å². The zero-order valence-electron chi connectivity index (χ0n) is 16.9. The lowest BCUT2D eigenvalue weighted by atomic mass is 9.87. The van der Waals surface area contributed by atoms with Gasteiger partial charge in [0.1, 0.15) is 11.3 Å². The Balaban J connectivity index is 1.58. The van der Waals surface area contributed by atoms with Gasteiger partial charge in [-0.15, -0.1) is 6.42 Å². The number of rotatable bonds is 6. The molecule has 30 heavy (non-hydrogen) atoms. The highest BCUT2D eigenvalue weighted by Gasteiger charge is 2.19. The van der Waals surface area contributed by atoms with Crippen LogP contribution in [0.2, 0.25) is 0 Å². The summed E-state index contributed by atoms with van der Waals surface area (Å²) in [6, 6.07) is 5.43. The van der Waals surface area contributed by atoms with E-state index in [0.717, 1.165) is 37.8 Å². The van der Waals surface area contributed by atoms with Crippen LogP contribution in [0.4, 0.5) is 5.95 Å². The van der Waals surface area contributed by atoms with Crippen LogP contribution in [0.1, 0.15) is 36.8 Å². The summed E-state index contributed by atoms with van der Waals surface area (Å²) in [5.41, 5.74) is 2.33. The molecule has 1 aliphatic rings. The van der Waals surface area contributed by atoms with Crippen molar-refractivity contribution >= 4 is 17.1 Å². The molecule has 0 spiro atoms. The van der Waals surface area contributed by atoms with E-state index in [1.807, 2.05) is 6.07 Å². The molecule has 0 atom stereocenters. The number of H-pyrrole nitrogens is 1. The van der Waals surface area contributed by atoms with E-state index >= 15 is 0 Å². The molecule has 1 aliphatic carbocycles. The van der Waals surface area contributed by atoms with E-state index < -0.39 is 0 Å². The van der Waals surface area contributed by atoms with Crippen LogP contribution in [0.3, 0.4) is 0 Å². The van der Waals surface area contributed by atoms with Gasteiger partial charge >= 0.3 is 5.69 Å². The fraction of sp³-hybridized carbons (Fsp3) is 0.409. The molecule has 0 amide bonds. The van der Waals surface area contributed by atoms with Crippen molar-refractivity contribution in [2.24, 2.45) is 5.92 Å². The quantitative estimate of drug-likeness (QED) is 0.541. The van der Waals surface area contributed by atoms with Crippen LogP contribution < -0.4 is 15.7 Å². The van der Waals surface area contributed by atoms with E-state index in [4.69, 9.17) is 11.2 Å². The number of nitrogens with zero attached hydrogens (tertiary/aromatic N) is 3. The maximum absolute atomic E-state index is 12.6. The zero-order chi connectivity index (χ0) is 21.1. The number of aromatic nitrogens is 4. The maximum Gasteiger partial charge on any atom is 0.328 e. The van der Waals surface area contributed by atoms with Gasteiger partial charge in [0, 0.05) is 17.7 Å². The molecule has 0 saturated heterocycles. The molecule has 1 saturated carbocycles. The number of aliphatic hydroxyl groups excluding tert-OH is 1. The Morgan fingerprint density at radius 2 is 2.17 bits per heavy atom. The van der Waals surface area contributed by atoms with Gasteiger partial charge in [0.05, 0.1) is 26.0 Å². The van der Waals surface area contributed by atoms with Gasteiger partial charge in [0.25, 0.3) is 0 Å². The Morgan fingerprint density at radius 3 is 2.90 bits per heavy atom. The summed E-state index contributed by atoms with van der Waals surface area (Å²) in [6.45, 7) is 1.01. The molecule has 1 aromatic carbocycles. The maximum atomic E-state index is 12.6. The monoisotopic (exact) mass is 407 g/mol. The lowest BCUT2D eigenvalue weighted by molar-refractivity contribution is 0.111. The molecule has 3 aromatic rings. The third-order valence-electron chi connectivity index (χ3n) is 5.65. The normalized spacial score (nSPS) is 18.8. The van der Waals surface area contributed by atoms with Gasteiger partial charge < -0.3 is 20.1 Å². The van der Waals surface area contributed by atoms with E-state index in [1.54, 1.807) is 30.0 Å². The number of aromatic amines is 1. The van der Waals surface area contributed by atoms with Crippen molar-refractivity contribution in [1.29, 1.82) is 0 Å². The zero-order valence-corrected chi connectivity index (χ0v) is 16.9. The van der Waals surface area contributed by atoms with Crippen molar-refractivity contribution in [2.75, 3.05) is 19.0 Å². The van der Waals surface area contributed by atoms with E-state index in [1.165, 1.54) is 0 Å². The van der Waals surface area contributed by atoms with Gasteiger partial charge in [0.15, 0.2) is 5.65 Å². The van der Waals surface area contributed by atoms with E-state index in [2.05, 4.69) is 26.2 Å². The number of terminal acetylenes is 1. The standard InChI is InChI=1S/C22H25N5O3/c1-3-14-6-9-19(30-2)16(10-14)13-27-20-18(25-22(27)29)12-24-21(26-20)23-11-15-4-7-17(28)8-5-15/h1,6,9-10,12,15,17,28H,4-5,7-8,11,13H2,2H3,(H,25,29)(H,23,24,26). The summed E-state index contributed by atoms with van der Waals surface area (Å²) in [6.07, 6.45) is 10.6. The van der Waals surface area contributed by atoms with Gasteiger partial charge in [-0.05, 0) is 49.8 Å². The Bertz CT molecular complexity index is 1140. The third kappa shape index (κ3) is 4.16. The number of nitrogens with one attached hydrogen (secondary N) is 2. The van der Waals surface area contributed by atoms with Gasteiger partial charge in [-0.25, -0.2) is 9.78 Å². The lowest BCUT2D eigenvalue weighted by Gasteiger charge is -2.25. The molecule has 3 N–H and O–H groups in total. The first-order valence-corrected chi connectivity index (χ1v) is 10.1. The first kappa shape index (κ1) is 20.0. The molecule has 4 rings (SSSR count). The third-order valence-corrected chi connectivity index (χ3v) is 5.65. The number of methoxy groups -OCH3 is 1. The summed E-state index contributed by atoms with van der Waals surface area (Å²) >= 11 is 0. The number of hydrogen-bond donors (Lipinski definition) is 3. The summed E-state index contributed by atoms with van der Waals surface area (Å²) in [5.74, 6) is 4.22. The minimum absolute atomic E-state index is 0.173. The number of anilines is 1. The van der Waals surface area contributed by atoms with Gasteiger partial charge in [-0.3, -0.25) is 4.57 Å². The van der Waals surface area contributed by atoms with Gasteiger partial charge in [-0.1, -0.05) is 5.92 Å². The second-order valence-corrected chi connectivity index (χ2v) is 7.67. The first-order chi connectivity index (χ1) is 14.6. The Morgan fingerprint density at radius 1 is 1.37 bits per heavy atom. The van der Waals surface area contributed by atoms with Crippen LogP contribution in [0.5, 0.6) is 5.75 Å². The van der Waals surface area contributed by atoms with E-state index in [0.29, 0.717) is 34.3 Å². The SMILES string of the molecule is C#Cc1ccc(OC)c(Cn2c(=O)[nH]c3cnc(NCC4CCC(O)CC4)nc32)c1. The van der Waals surface area contributed by atoms with Crippen molar-refractivity contribution in [3.63, 3.8) is 0 Å². The van der Waals surface area contributed by atoms with Crippen molar-refractivity contribution < 1.29 is 9.84 Å². The number of aliphatic hydroxyl groups is 1. The second kappa shape index (κ2) is 8.59. The smallest absolute Gasteiger partial charge is 0.328 e. The van der Waals surface area contributed by atoms with Crippen LogP contribution in [0.25, 0.3) is 11.2 Å². The number of benzene rings is 1. The van der Waals surface area contributed by atoms with Gasteiger partial charge in [0.2, 0.25) is 5.95 Å². The average Bonchev–Trinajstić information content (AvgIpc) is 3.07. The lowest BCUT2D eigenvalue weighted by Crippen LogP contribution is -2.24. The highest BCUT2D eigenvalue weighted by Crippen LogP contribution is 2.25. The van der Waals surface area contributed by atoms with Crippen LogP contribution in [0, 0.1) is 18.3 Å². The summed E-state index contributed by atoms with van der Waals surface area (Å²) in [4.78, 5) is 24.2. The average molecular weight is 407 g/mol. The Kier molecular flexibility index (Phi) is 5.72. The van der Waals surface area contributed by atoms with Crippen LogP contribution in [-0.4, -0.2) is 44.4 Å². The molecule has 8 nitrogen and oxygen atoms in total. The molecular formula is C22H25N5O3. The highest BCUT2D eigenvalue weighted by molar-refractivity contribution is 5.71. The van der Waals surface area contributed by atoms with Crippen LogP contribution in [-0.2, 0) is 6.54 Å². The molecule has 0 bridgehead atoms. The molecule has 0 radical (unpaired) electrons. The number of imidazole rings is 1. The Labute approximate surface area is 174 Å². The Hall–Kier alpha value is -3.31. The van der Waals surface area contributed by atoms with Crippen molar-refractivity contribution in [3.05, 3.63) is 46.0 Å². The fourth-order valence-corrected chi connectivity index (χ4v) is 3.92. The predicted molar refractivity (Wildman–Crippen MR) is 115 cm³/mol. The van der Waals surface area contributed by atoms with E-state index in [-0.39, 0.29) is 18.3 Å².